The van der Waals surface area contributed by atoms with Gasteiger partial charge >= 0.3 is 0 Å². The summed E-state index contributed by atoms with van der Waals surface area (Å²) >= 11 is 0. The molecule has 0 spiro atoms. The van der Waals surface area contributed by atoms with Gasteiger partial charge in [-0.2, -0.15) is 4.68 Å². The molecule has 98 valence electrons. The molecule has 0 saturated heterocycles. The first-order chi connectivity index (χ1) is 8.80. The van der Waals surface area contributed by atoms with E-state index in [4.69, 9.17) is 5.11 Å². The van der Waals surface area contributed by atoms with E-state index in [9.17, 15) is 0 Å². The topological polar surface area (TPSA) is 111 Å². The zero-order valence-corrected chi connectivity index (χ0v) is 10.3. The van der Waals surface area contributed by atoms with Crippen molar-refractivity contribution < 1.29 is 5.11 Å². The minimum absolute atomic E-state index is 0.319. The van der Waals surface area contributed by atoms with Crippen molar-refractivity contribution in [1.82, 2.24) is 45.3 Å². The molecular formula is C8H15N9O. The molecule has 2 aromatic rings. The second-order valence-corrected chi connectivity index (χ2v) is 3.59. The molecule has 2 aromatic heterocycles. The van der Waals surface area contributed by atoms with Gasteiger partial charge in [-0.1, -0.05) is 13.8 Å². The second-order valence-electron chi connectivity index (χ2n) is 3.59. The number of hydrogen-bond donors (Lipinski definition) is 1. The Bertz CT molecular complexity index is 488. The van der Waals surface area contributed by atoms with Crippen molar-refractivity contribution in [1.29, 1.82) is 0 Å². The van der Waals surface area contributed by atoms with E-state index in [0.29, 0.717) is 18.3 Å². The van der Waals surface area contributed by atoms with Crippen molar-refractivity contribution in [2.24, 2.45) is 0 Å². The van der Waals surface area contributed by atoms with Crippen LogP contribution in [0, 0.1) is 0 Å². The molecule has 18 heavy (non-hydrogen) atoms. The minimum Gasteiger partial charge on any atom is -0.374 e. The molecule has 0 aliphatic carbocycles. The number of rotatable bonds is 6. The quantitative estimate of drug-likeness (QED) is 0.667. The minimum atomic E-state index is -0.319. The van der Waals surface area contributed by atoms with Crippen LogP contribution in [0.4, 0.5) is 0 Å². The molecule has 2 rings (SSSR count). The van der Waals surface area contributed by atoms with Crippen molar-refractivity contribution in [3.05, 3.63) is 0 Å². The molecule has 0 aliphatic heterocycles. The van der Waals surface area contributed by atoms with E-state index in [1.807, 2.05) is 0 Å². The van der Waals surface area contributed by atoms with Crippen molar-refractivity contribution in [3.63, 3.8) is 0 Å². The number of aliphatic hydroxyl groups is 1. The van der Waals surface area contributed by atoms with E-state index in [2.05, 4.69) is 49.8 Å². The van der Waals surface area contributed by atoms with Crippen LogP contribution in [0.5, 0.6) is 0 Å². The Balaban J connectivity index is 2.27. The van der Waals surface area contributed by atoms with Gasteiger partial charge in [-0.15, -0.1) is 10.2 Å². The first-order valence-corrected chi connectivity index (χ1v) is 5.66. The molecule has 10 nitrogen and oxygen atoms in total. The van der Waals surface area contributed by atoms with Gasteiger partial charge in [0.05, 0.1) is 6.67 Å². The molecule has 1 N–H and O–H groups in total. The van der Waals surface area contributed by atoms with Crippen molar-refractivity contribution in [2.75, 3.05) is 13.1 Å². The number of aliphatic hydroxyl groups excluding tert-OH is 1. The summed E-state index contributed by atoms with van der Waals surface area (Å²) in [6.45, 7) is 6.13. The van der Waals surface area contributed by atoms with Gasteiger partial charge in [0.25, 0.3) is 0 Å². The number of nitrogens with zero attached hydrogens (tertiary/aromatic N) is 9. The fraction of sp³-hybridized carbons (Fsp3) is 0.750. The van der Waals surface area contributed by atoms with Gasteiger partial charge in [0.1, 0.15) is 6.73 Å². The summed E-state index contributed by atoms with van der Waals surface area (Å²) in [6.07, 6.45) is 0. The van der Waals surface area contributed by atoms with E-state index in [1.54, 1.807) is 4.68 Å². The van der Waals surface area contributed by atoms with Crippen LogP contribution >= 0.6 is 0 Å². The monoisotopic (exact) mass is 253 g/mol. The van der Waals surface area contributed by atoms with E-state index in [1.165, 1.54) is 4.68 Å². The first-order valence-electron chi connectivity index (χ1n) is 5.66. The number of tetrazole rings is 2. The molecule has 0 atom stereocenters. The zero-order chi connectivity index (χ0) is 13.0. The highest BCUT2D eigenvalue weighted by molar-refractivity contribution is 5.40. The predicted molar refractivity (Wildman–Crippen MR) is 59.8 cm³/mol. The molecule has 0 radical (unpaired) electrons. The second kappa shape index (κ2) is 5.60. The molecule has 0 aromatic carbocycles. The van der Waals surface area contributed by atoms with E-state index in [-0.39, 0.29) is 6.73 Å². The van der Waals surface area contributed by atoms with Gasteiger partial charge in [0, 0.05) is 0 Å². The lowest BCUT2D eigenvalue weighted by atomic mass is 10.5. The van der Waals surface area contributed by atoms with Crippen LogP contribution in [0.25, 0.3) is 11.6 Å². The Labute approximate surface area is 103 Å². The summed E-state index contributed by atoms with van der Waals surface area (Å²) in [5, 5.41) is 31.5. The standard InChI is InChI=1S/C8H15N9O/c1-3-15(4-2)5-16-7(9-11-13-16)8-10-12-14-17(8)6-18/h18H,3-6H2,1-2H3. The number of hydrogen-bond acceptors (Lipinski definition) is 8. The van der Waals surface area contributed by atoms with Gasteiger partial charge in [-0.25, -0.2) is 4.68 Å². The fourth-order valence-electron chi connectivity index (χ4n) is 1.53. The maximum atomic E-state index is 9.10. The van der Waals surface area contributed by atoms with Gasteiger partial charge in [0.2, 0.25) is 11.6 Å². The Morgan fingerprint density at radius 1 is 1.00 bits per heavy atom. The fourth-order valence-corrected chi connectivity index (χ4v) is 1.53. The Kier molecular flexibility index (Phi) is 3.89. The summed E-state index contributed by atoms with van der Waals surface area (Å²) in [5.74, 6) is 0.774. The molecular weight excluding hydrogens is 238 g/mol. The van der Waals surface area contributed by atoms with Crippen LogP contribution in [0.15, 0.2) is 0 Å². The van der Waals surface area contributed by atoms with Crippen LogP contribution in [0.3, 0.4) is 0 Å². The molecule has 10 heteroatoms. The molecule has 0 saturated carbocycles. The predicted octanol–water partition coefficient (Wildman–Crippen LogP) is -1.42. The smallest absolute Gasteiger partial charge is 0.223 e. The maximum Gasteiger partial charge on any atom is 0.223 e. The highest BCUT2D eigenvalue weighted by Crippen LogP contribution is 2.10. The van der Waals surface area contributed by atoms with Gasteiger partial charge in [-0.3, -0.25) is 4.90 Å². The third-order valence-corrected chi connectivity index (χ3v) is 2.63. The molecule has 0 bridgehead atoms. The average molecular weight is 253 g/mol. The lowest BCUT2D eigenvalue weighted by molar-refractivity contribution is 0.193. The van der Waals surface area contributed by atoms with Crippen LogP contribution in [-0.4, -0.2) is 63.5 Å². The largest absolute Gasteiger partial charge is 0.374 e. The van der Waals surface area contributed by atoms with Crippen LogP contribution in [0.1, 0.15) is 13.8 Å². The maximum absolute atomic E-state index is 9.10. The molecule has 0 unspecified atom stereocenters. The zero-order valence-electron chi connectivity index (χ0n) is 10.3. The van der Waals surface area contributed by atoms with Crippen molar-refractivity contribution >= 4 is 0 Å². The summed E-state index contributed by atoms with van der Waals surface area (Å²) in [4.78, 5) is 2.15. The summed E-state index contributed by atoms with van der Waals surface area (Å²) < 4.78 is 2.83. The Hall–Kier alpha value is -1.94. The average Bonchev–Trinajstić information content (AvgIpc) is 3.03. The van der Waals surface area contributed by atoms with Crippen LogP contribution in [-0.2, 0) is 13.4 Å². The molecule has 0 amide bonds. The van der Waals surface area contributed by atoms with Crippen LogP contribution in [0.2, 0.25) is 0 Å². The SMILES string of the molecule is CCN(CC)Cn1nnnc1-c1nnnn1CO. The lowest BCUT2D eigenvalue weighted by Crippen LogP contribution is -2.27. The highest BCUT2D eigenvalue weighted by Gasteiger charge is 2.17. The molecule has 2 heterocycles. The van der Waals surface area contributed by atoms with E-state index in [0.717, 1.165) is 13.1 Å². The van der Waals surface area contributed by atoms with Crippen molar-refractivity contribution in [2.45, 2.75) is 27.2 Å². The lowest BCUT2D eigenvalue weighted by Gasteiger charge is -2.17. The van der Waals surface area contributed by atoms with E-state index >= 15 is 0 Å². The summed E-state index contributed by atoms with van der Waals surface area (Å²) in [7, 11) is 0. The highest BCUT2D eigenvalue weighted by atomic mass is 16.3. The summed E-state index contributed by atoms with van der Waals surface area (Å²) in [5.41, 5.74) is 0. The molecule has 0 aliphatic rings. The van der Waals surface area contributed by atoms with Gasteiger partial charge in [0.15, 0.2) is 0 Å². The van der Waals surface area contributed by atoms with Gasteiger partial charge < -0.3 is 5.11 Å². The number of aromatic nitrogens is 8. The third-order valence-electron chi connectivity index (χ3n) is 2.63. The van der Waals surface area contributed by atoms with Gasteiger partial charge in [-0.05, 0) is 33.9 Å². The molecule has 0 fully saturated rings. The Morgan fingerprint density at radius 2 is 1.56 bits per heavy atom. The summed E-state index contributed by atoms with van der Waals surface area (Å²) in [6, 6.07) is 0. The Morgan fingerprint density at radius 3 is 2.11 bits per heavy atom. The van der Waals surface area contributed by atoms with Crippen molar-refractivity contribution in [3.8, 4) is 11.6 Å². The normalized spacial score (nSPS) is 11.3. The first kappa shape index (κ1) is 12.5. The third kappa shape index (κ3) is 2.33. The van der Waals surface area contributed by atoms with Crippen LogP contribution < -0.4 is 0 Å². The van der Waals surface area contributed by atoms with E-state index < -0.39 is 0 Å².